The molecule has 3 nitrogen and oxygen atoms in total. The second-order valence-electron chi connectivity index (χ2n) is 4.63. The van der Waals surface area contributed by atoms with E-state index in [4.69, 9.17) is 4.74 Å². The summed E-state index contributed by atoms with van der Waals surface area (Å²) in [6, 6.07) is 11.8. The van der Waals surface area contributed by atoms with Crippen molar-refractivity contribution < 1.29 is 14.2 Å². The van der Waals surface area contributed by atoms with Crippen LogP contribution in [0.25, 0.3) is 0 Å². The Balaban J connectivity index is 2.02. The fraction of sp³-hybridized carbons (Fsp3) is 0.250. The van der Waals surface area contributed by atoms with Crippen LogP contribution in [0.2, 0.25) is 0 Å². The third-order valence-corrected chi connectivity index (χ3v) is 3.15. The molecule has 0 spiro atoms. The molecular weight excluding hydrogens is 257 g/mol. The van der Waals surface area contributed by atoms with Crippen molar-refractivity contribution in [2.45, 2.75) is 13.0 Å². The van der Waals surface area contributed by atoms with Crippen molar-refractivity contribution in [2.24, 2.45) is 0 Å². The lowest BCUT2D eigenvalue weighted by atomic mass is 10.1. The molecule has 1 atom stereocenters. The largest absolute Gasteiger partial charge is 0.497 e. The summed E-state index contributed by atoms with van der Waals surface area (Å²) in [7, 11) is 1.59. The predicted octanol–water partition coefficient (Wildman–Crippen LogP) is 3.29. The number of hydrogen-bond acceptors (Lipinski definition) is 3. The summed E-state index contributed by atoms with van der Waals surface area (Å²) >= 11 is 0. The van der Waals surface area contributed by atoms with Crippen LogP contribution in [0.15, 0.2) is 42.5 Å². The molecule has 0 radical (unpaired) electrons. The quantitative estimate of drug-likeness (QED) is 0.879. The third kappa shape index (κ3) is 3.48. The highest BCUT2D eigenvalue weighted by Crippen LogP contribution is 2.21. The Morgan fingerprint density at radius 2 is 2.05 bits per heavy atom. The van der Waals surface area contributed by atoms with Crippen LogP contribution in [0.5, 0.6) is 5.75 Å². The molecule has 2 aromatic rings. The Kier molecular flexibility index (Phi) is 4.58. The van der Waals surface area contributed by atoms with Gasteiger partial charge in [-0.1, -0.05) is 12.1 Å². The van der Waals surface area contributed by atoms with E-state index < -0.39 is 6.10 Å². The van der Waals surface area contributed by atoms with Crippen molar-refractivity contribution in [3.8, 4) is 5.75 Å². The van der Waals surface area contributed by atoms with Crippen molar-refractivity contribution in [1.29, 1.82) is 0 Å². The summed E-state index contributed by atoms with van der Waals surface area (Å²) in [5.41, 5.74) is 2.40. The van der Waals surface area contributed by atoms with E-state index in [1.165, 1.54) is 12.1 Å². The van der Waals surface area contributed by atoms with E-state index in [-0.39, 0.29) is 5.82 Å². The molecule has 0 saturated heterocycles. The smallest absolute Gasteiger partial charge is 0.123 e. The number of anilines is 1. The fourth-order valence-electron chi connectivity index (χ4n) is 2.00. The van der Waals surface area contributed by atoms with E-state index in [1.54, 1.807) is 19.2 Å². The maximum absolute atomic E-state index is 13.0. The number of aliphatic hydroxyl groups excluding tert-OH is 1. The average Bonchev–Trinajstić information content (AvgIpc) is 2.46. The van der Waals surface area contributed by atoms with Gasteiger partial charge in [-0.05, 0) is 48.4 Å². The monoisotopic (exact) mass is 275 g/mol. The molecular formula is C16H18FNO2. The molecule has 0 aliphatic rings. The van der Waals surface area contributed by atoms with Crippen molar-refractivity contribution in [1.82, 2.24) is 0 Å². The van der Waals surface area contributed by atoms with E-state index in [2.05, 4.69) is 5.32 Å². The molecule has 2 aromatic carbocycles. The molecule has 0 bridgehead atoms. The lowest BCUT2D eigenvalue weighted by Gasteiger charge is -2.15. The molecule has 0 saturated carbocycles. The lowest BCUT2D eigenvalue weighted by molar-refractivity contribution is 0.191. The molecule has 2 rings (SSSR count). The van der Waals surface area contributed by atoms with Gasteiger partial charge in [-0.2, -0.15) is 0 Å². The highest BCUT2D eigenvalue weighted by Gasteiger charge is 2.09. The zero-order chi connectivity index (χ0) is 14.5. The van der Waals surface area contributed by atoms with Crippen molar-refractivity contribution in [3.05, 3.63) is 59.4 Å². The number of aliphatic hydroxyl groups is 1. The van der Waals surface area contributed by atoms with Gasteiger partial charge in [-0.3, -0.25) is 0 Å². The first-order valence-corrected chi connectivity index (χ1v) is 6.42. The van der Waals surface area contributed by atoms with Gasteiger partial charge in [0, 0.05) is 12.2 Å². The summed E-state index contributed by atoms with van der Waals surface area (Å²) in [6.07, 6.45) is -0.658. The number of ether oxygens (including phenoxy) is 1. The van der Waals surface area contributed by atoms with Crippen LogP contribution in [0.4, 0.5) is 10.1 Å². The average molecular weight is 275 g/mol. The summed E-state index contributed by atoms with van der Waals surface area (Å²) < 4.78 is 18.1. The zero-order valence-electron chi connectivity index (χ0n) is 11.6. The lowest BCUT2D eigenvalue weighted by Crippen LogP contribution is -2.12. The normalized spacial score (nSPS) is 12.0. The Morgan fingerprint density at radius 3 is 2.75 bits per heavy atom. The second kappa shape index (κ2) is 6.39. The summed E-state index contributed by atoms with van der Waals surface area (Å²) in [4.78, 5) is 0. The van der Waals surface area contributed by atoms with E-state index in [9.17, 15) is 9.50 Å². The van der Waals surface area contributed by atoms with E-state index in [0.717, 1.165) is 16.8 Å². The first-order valence-electron chi connectivity index (χ1n) is 6.42. The number of benzene rings is 2. The minimum atomic E-state index is -0.658. The third-order valence-electron chi connectivity index (χ3n) is 3.15. The number of hydrogen-bond donors (Lipinski definition) is 2. The Bertz CT molecular complexity index is 586. The Labute approximate surface area is 118 Å². The van der Waals surface area contributed by atoms with Crippen LogP contribution in [-0.4, -0.2) is 18.8 Å². The molecule has 0 fully saturated rings. The standard InChI is InChI=1S/C16H18FNO2/c1-11-8-13(17)6-7-15(11)18-10-16(19)12-4-3-5-14(9-12)20-2/h3-9,16,18-19H,10H2,1-2H3. The topological polar surface area (TPSA) is 41.5 Å². The number of methoxy groups -OCH3 is 1. The van der Waals surface area contributed by atoms with Crippen LogP contribution >= 0.6 is 0 Å². The molecule has 20 heavy (non-hydrogen) atoms. The van der Waals surface area contributed by atoms with Crippen LogP contribution in [-0.2, 0) is 0 Å². The molecule has 0 heterocycles. The van der Waals surface area contributed by atoms with Gasteiger partial charge < -0.3 is 15.2 Å². The molecule has 106 valence electrons. The van der Waals surface area contributed by atoms with Gasteiger partial charge in [0.2, 0.25) is 0 Å². The molecule has 0 aliphatic heterocycles. The molecule has 0 aliphatic carbocycles. The highest BCUT2D eigenvalue weighted by atomic mass is 19.1. The second-order valence-corrected chi connectivity index (χ2v) is 4.63. The van der Waals surface area contributed by atoms with Gasteiger partial charge in [0.25, 0.3) is 0 Å². The van der Waals surface area contributed by atoms with Crippen LogP contribution in [0, 0.1) is 12.7 Å². The molecule has 0 aromatic heterocycles. The van der Waals surface area contributed by atoms with Crippen molar-refractivity contribution >= 4 is 5.69 Å². The fourth-order valence-corrected chi connectivity index (χ4v) is 2.00. The minimum Gasteiger partial charge on any atom is -0.497 e. The van der Waals surface area contributed by atoms with Gasteiger partial charge in [0.1, 0.15) is 11.6 Å². The first-order chi connectivity index (χ1) is 9.60. The summed E-state index contributed by atoms with van der Waals surface area (Å²) in [5, 5.41) is 13.3. The predicted molar refractivity (Wildman–Crippen MR) is 77.6 cm³/mol. The first kappa shape index (κ1) is 14.3. The number of halogens is 1. The van der Waals surface area contributed by atoms with Gasteiger partial charge in [-0.25, -0.2) is 4.39 Å². The highest BCUT2D eigenvalue weighted by molar-refractivity contribution is 5.50. The summed E-state index contributed by atoms with van der Waals surface area (Å²) in [6.45, 7) is 2.17. The van der Waals surface area contributed by atoms with Crippen LogP contribution in [0.1, 0.15) is 17.2 Å². The Morgan fingerprint density at radius 1 is 1.25 bits per heavy atom. The number of nitrogens with one attached hydrogen (secondary N) is 1. The number of rotatable bonds is 5. The van der Waals surface area contributed by atoms with Gasteiger partial charge >= 0.3 is 0 Å². The van der Waals surface area contributed by atoms with Gasteiger partial charge in [0.05, 0.1) is 13.2 Å². The zero-order valence-corrected chi connectivity index (χ0v) is 11.6. The number of aryl methyl sites for hydroxylation is 1. The molecule has 1 unspecified atom stereocenters. The van der Waals surface area contributed by atoms with Crippen LogP contribution in [0.3, 0.4) is 0 Å². The van der Waals surface area contributed by atoms with Gasteiger partial charge in [-0.15, -0.1) is 0 Å². The minimum absolute atomic E-state index is 0.263. The van der Waals surface area contributed by atoms with E-state index >= 15 is 0 Å². The maximum atomic E-state index is 13.0. The van der Waals surface area contributed by atoms with E-state index in [1.807, 2.05) is 25.1 Å². The molecule has 0 amide bonds. The Hall–Kier alpha value is -2.07. The maximum Gasteiger partial charge on any atom is 0.123 e. The van der Waals surface area contributed by atoms with Crippen molar-refractivity contribution in [2.75, 3.05) is 19.0 Å². The van der Waals surface area contributed by atoms with Gasteiger partial charge in [0.15, 0.2) is 0 Å². The van der Waals surface area contributed by atoms with Crippen molar-refractivity contribution in [3.63, 3.8) is 0 Å². The van der Waals surface area contributed by atoms with Crippen LogP contribution < -0.4 is 10.1 Å². The SMILES string of the molecule is COc1cccc(C(O)CNc2ccc(F)cc2C)c1. The molecule has 2 N–H and O–H groups in total. The van der Waals surface area contributed by atoms with E-state index in [0.29, 0.717) is 12.3 Å². The summed E-state index contributed by atoms with van der Waals surface area (Å²) in [5.74, 6) is 0.445. The molecule has 4 heteroatoms.